The third kappa shape index (κ3) is 4.27. The molecule has 1 nitrogen and oxygen atoms in total. The second-order valence-corrected chi connectivity index (χ2v) is 6.31. The van der Waals surface area contributed by atoms with Crippen molar-refractivity contribution in [3.05, 3.63) is 58.6 Å². The second kappa shape index (κ2) is 7.72. The Morgan fingerprint density at radius 2 is 1.85 bits per heavy atom. The highest BCUT2D eigenvalue weighted by Gasteiger charge is 2.08. The highest BCUT2D eigenvalue weighted by molar-refractivity contribution is 7.99. The monoisotopic (exact) mass is 305 g/mol. The third-order valence-electron chi connectivity index (χ3n) is 3.03. The van der Waals surface area contributed by atoms with Crippen LogP contribution in [0.5, 0.6) is 0 Å². The highest BCUT2D eigenvalue weighted by atomic mass is 35.5. The topological polar surface area (TPSA) is 12.0 Å². The van der Waals surface area contributed by atoms with E-state index in [2.05, 4.69) is 49.5 Å². The number of halogens is 1. The maximum atomic E-state index is 6.37. The van der Waals surface area contributed by atoms with Crippen LogP contribution in [0.4, 0.5) is 0 Å². The van der Waals surface area contributed by atoms with Crippen molar-refractivity contribution in [3.63, 3.8) is 0 Å². The van der Waals surface area contributed by atoms with Crippen LogP contribution in [0.3, 0.4) is 0 Å². The molecule has 1 N–H and O–H groups in total. The minimum atomic E-state index is 0.825. The summed E-state index contributed by atoms with van der Waals surface area (Å²) in [6.07, 6.45) is 1.14. The summed E-state index contributed by atoms with van der Waals surface area (Å²) in [4.78, 5) is 2.38. The summed E-state index contributed by atoms with van der Waals surface area (Å²) < 4.78 is 0. The molecular formula is C17H20ClNS. The second-order valence-electron chi connectivity index (χ2n) is 4.82. The Balaban J connectivity index is 2.18. The molecule has 0 amide bonds. The van der Waals surface area contributed by atoms with Gasteiger partial charge in [-0.3, -0.25) is 0 Å². The van der Waals surface area contributed by atoms with Crippen LogP contribution < -0.4 is 5.32 Å². The molecule has 2 aromatic carbocycles. The summed E-state index contributed by atoms with van der Waals surface area (Å²) in [5, 5.41) is 4.27. The van der Waals surface area contributed by atoms with Crippen molar-refractivity contribution >= 4 is 23.4 Å². The molecule has 0 aliphatic heterocycles. The first-order valence-electron chi connectivity index (χ1n) is 6.93. The fourth-order valence-electron chi connectivity index (χ4n) is 1.93. The van der Waals surface area contributed by atoms with Gasteiger partial charge in [-0.15, -0.1) is 0 Å². The van der Waals surface area contributed by atoms with Crippen LogP contribution in [-0.4, -0.2) is 6.54 Å². The van der Waals surface area contributed by atoms with E-state index in [1.54, 1.807) is 11.8 Å². The van der Waals surface area contributed by atoms with Crippen molar-refractivity contribution < 1.29 is 0 Å². The van der Waals surface area contributed by atoms with Crippen LogP contribution in [0.2, 0.25) is 5.02 Å². The van der Waals surface area contributed by atoms with Gasteiger partial charge in [-0.1, -0.05) is 60.1 Å². The molecule has 0 heterocycles. The van der Waals surface area contributed by atoms with Crippen LogP contribution in [0, 0.1) is 6.92 Å². The molecule has 2 aromatic rings. The lowest BCUT2D eigenvalue weighted by Gasteiger charge is -2.12. The van der Waals surface area contributed by atoms with Gasteiger partial charge in [0.1, 0.15) is 0 Å². The molecule has 0 aliphatic rings. The average molecular weight is 306 g/mol. The van der Waals surface area contributed by atoms with Gasteiger partial charge in [0.25, 0.3) is 0 Å². The highest BCUT2D eigenvalue weighted by Crippen LogP contribution is 2.36. The molecule has 0 atom stereocenters. The maximum absolute atomic E-state index is 6.37. The lowest BCUT2D eigenvalue weighted by molar-refractivity contribution is 0.669. The SMILES string of the molecule is CCCNCc1cccc(Cl)c1Sc1ccc(C)cc1. The van der Waals surface area contributed by atoms with Gasteiger partial charge in [-0.25, -0.2) is 0 Å². The van der Waals surface area contributed by atoms with E-state index in [4.69, 9.17) is 11.6 Å². The Labute approximate surface area is 130 Å². The zero-order valence-corrected chi connectivity index (χ0v) is 13.5. The molecule has 3 heteroatoms. The standard InChI is InChI=1S/C17H20ClNS/c1-3-11-19-12-14-5-4-6-16(18)17(14)20-15-9-7-13(2)8-10-15/h4-10,19H,3,11-12H2,1-2H3. The molecule has 0 bridgehead atoms. The minimum Gasteiger partial charge on any atom is -0.313 e. The quantitative estimate of drug-likeness (QED) is 0.727. The summed E-state index contributed by atoms with van der Waals surface area (Å²) in [5.41, 5.74) is 2.54. The van der Waals surface area contributed by atoms with Gasteiger partial charge in [-0.05, 0) is 43.7 Å². The van der Waals surface area contributed by atoms with E-state index in [0.717, 1.165) is 29.4 Å². The Morgan fingerprint density at radius 3 is 2.55 bits per heavy atom. The van der Waals surface area contributed by atoms with Gasteiger partial charge in [0.2, 0.25) is 0 Å². The van der Waals surface area contributed by atoms with Crippen LogP contribution in [0.25, 0.3) is 0 Å². The molecule has 0 unspecified atom stereocenters. The van der Waals surface area contributed by atoms with Crippen LogP contribution in [0.1, 0.15) is 24.5 Å². The summed E-state index contributed by atoms with van der Waals surface area (Å²) >= 11 is 8.11. The Bertz CT molecular complexity index is 551. The Morgan fingerprint density at radius 1 is 1.10 bits per heavy atom. The van der Waals surface area contributed by atoms with E-state index < -0.39 is 0 Å². The first-order valence-corrected chi connectivity index (χ1v) is 8.12. The molecule has 0 saturated heterocycles. The summed E-state index contributed by atoms with van der Waals surface area (Å²) in [6, 6.07) is 14.7. The van der Waals surface area contributed by atoms with E-state index in [9.17, 15) is 0 Å². The molecule has 0 aliphatic carbocycles. The van der Waals surface area contributed by atoms with Crippen molar-refractivity contribution in [2.75, 3.05) is 6.54 Å². The normalized spacial score (nSPS) is 10.8. The van der Waals surface area contributed by atoms with Gasteiger partial charge in [0.15, 0.2) is 0 Å². The van der Waals surface area contributed by atoms with Gasteiger partial charge >= 0.3 is 0 Å². The number of nitrogens with one attached hydrogen (secondary N) is 1. The largest absolute Gasteiger partial charge is 0.313 e. The third-order valence-corrected chi connectivity index (χ3v) is 4.65. The molecule has 0 spiro atoms. The predicted octanol–water partition coefficient (Wildman–Crippen LogP) is 5.30. The molecule has 0 radical (unpaired) electrons. The van der Waals surface area contributed by atoms with Crippen molar-refractivity contribution in [2.45, 2.75) is 36.6 Å². The first kappa shape index (κ1) is 15.4. The molecule has 106 valence electrons. The number of hydrogen-bond donors (Lipinski definition) is 1. The van der Waals surface area contributed by atoms with Crippen molar-refractivity contribution in [3.8, 4) is 0 Å². The summed E-state index contributed by atoms with van der Waals surface area (Å²) in [6.45, 7) is 6.17. The molecule has 0 fully saturated rings. The first-order chi connectivity index (χ1) is 9.70. The lowest BCUT2D eigenvalue weighted by atomic mass is 10.2. The average Bonchev–Trinajstić information content (AvgIpc) is 2.45. The maximum Gasteiger partial charge on any atom is 0.0548 e. The van der Waals surface area contributed by atoms with E-state index >= 15 is 0 Å². The molecule has 0 aromatic heterocycles. The van der Waals surface area contributed by atoms with Gasteiger partial charge in [-0.2, -0.15) is 0 Å². The van der Waals surface area contributed by atoms with Crippen LogP contribution in [0.15, 0.2) is 52.3 Å². The van der Waals surface area contributed by atoms with Crippen LogP contribution in [-0.2, 0) is 6.54 Å². The molecular weight excluding hydrogens is 286 g/mol. The van der Waals surface area contributed by atoms with Gasteiger partial charge in [0, 0.05) is 16.3 Å². The Hall–Kier alpha value is -0.960. The van der Waals surface area contributed by atoms with E-state index in [1.807, 2.05) is 12.1 Å². The fourth-order valence-corrected chi connectivity index (χ4v) is 3.19. The number of benzene rings is 2. The zero-order valence-electron chi connectivity index (χ0n) is 11.9. The van der Waals surface area contributed by atoms with Gasteiger partial charge in [0.05, 0.1) is 5.02 Å². The minimum absolute atomic E-state index is 0.825. The Kier molecular flexibility index (Phi) is 5.96. The van der Waals surface area contributed by atoms with E-state index in [-0.39, 0.29) is 0 Å². The lowest BCUT2D eigenvalue weighted by Crippen LogP contribution is -2.14. The summed E-state index contributed by atoms with van der Waals surface area (Å²) in [5.74, 6) is 0. The van der Waals surface area contributed by atoms with Crippen molar-refractivity contribution in [1.82, 2.24) is 5.32 Å². The predicted molar refractivity (Wildman–Crippen MR) is 88.8 cm³/mol. The number of hydrogen-bond acceptors (Lipinski definition) is 2. The number of rotatable bonds is 6. The smallest absolute Gasteiger partial charge is 0.0548 e. The van der Waals surface area contributed by atoms with Gasteiger partial charge < -0.3 is 5.32 Å². The van der Waals surface area contributed by atoms with Crippen LogP contribution >= 0.6 is 23.4 Å². The van der Waals surface area contributed by atoms with E-state index in [0.29, 0.717) is 0 Å². The summed E-state index contributed by atoms with van der Waals surface area (Å²) in [7, 11) is 0. The fraction of sp³-hybridized carbons (Fsp3) is 0.294. The molecule has 20 heavy (non-hydrogen) atoms. The van der Waals surface area contributed by atoms with Crippen molar-refractivity contribution in [2.24, 2.45) is 0 Å². The number of aryl methyl sites for hydroxylation is 1. The molecule has 2 rings (SSSR count). The van der Waals surface area contributed by atoms with Crippen molar-refractivity contribution in [1.29, 1.82) is 0 Å². The van der Waals surface area contributed by atoms with E-state index in [1.165, 1.54) is 16.0 Å². The zero-order chi connectivity index (χ0) is 14.4. The molecule has 0 saturated carbocycles.